The van der Waals surface area contributed by atoms with E-state index >= 15 is 0 Å². The standard InChI is InChI=1S/C27H19N3/c1-18-10-12-20(13-11-18)26-28-29-27-24-9-5-4-8-23(24)25(17-30(26)27)22-15-14-19-6-2-3-7-21(19)16-22/h2-17H,1H3. The van der Waals surface area contributed by atoms with Crippen LogP contribution in [0, 0.1) is 6.92 Å². The first-order valence-corrected chi connectivity index (χ1v) is 10.1. The summed E-state index contributed by atoms with van der Waals surface area (Å²) >= 11 is 0. The number of aryl methyl sites for hydroxylation is 1. The third kappa shape index (κ3) is 2.60. The lowest BCUT2D eigenvalue weighted by atomic mass is 9.98. The summed E-state index contributed by atoms with van der Waals surface area (Å²) in [5, 5.41) is 13.9. The van der Waals surface area contributed by atoms with Gasteiger partial charge in [0.1, 0.15) is 0 Å². The number of nitrogens with zero attached hydrogens (tertiary/aromatic N) is 3. The fourth-order valence-corrected chi connectivity index (χ4v) is 4.20. The van der Waals surface area contributed by atoms with Crippen LogP contribution in [-0.4, -0.2) is 14.6 Å². The molecule has 0 fully saturated rings. The topological polar surface area (TPSA) is 30.2 Å². The molecule has 0 spiro atoms. The van der Waals surface area contributed by atoms with Crippen LogP contribution in [-0.2, 0) is 0 Å². The molecule has 0 saturated heterocycles. The van der Waals surface area contributed by atoms with Crippen molar-refractivity contribution in [3.8, 4) is 22.5 Å². The van der Waals surface area contributed by atoms with Gasteiger partial charge in [0.25, 0.3) is 0 Å². The summed E-state index contributed by atoms with van der Waals surface area (Å²) < 4.78 is 2.12. The van der Waals surface area contributed by atoms with Crippen molar-refractivity contribution >= 4 is 27.2 Å². The van der Waals surface area contributed by atoms with Gasteiger partial charge in [-0.15, -0.1) is 10.2 Å². The molecule has 0 radical (unpaired) electrons. The molecule has 6 rings (SSSR count). The highest BCUT2D eigenvalue weighted by atomic mass is 15.2. The number of hydrogen-bond donors (Lipinski definition) is 0. The van der Waals surface area contributed by atoms with Gasteiger partial charge >= 0.3 is 0 Å². The molecule has 2 heterocycles. The van der Waals surface area contributed by atoms with Crippen LogP contribution in [0.4, 0.5) is 0 Å². The SMILES string of the molecule is Cc1ccc(-c2nnc3c4ccccc4c(-c4ccc5ccccc5c4)cn23)cc1. The Labute approximate surface area is 174 Å². The maximum atomic E-state index is 4.54. The molecule has 0 aliphatic rings. The molecule has 2 aromatic heterocycles. The van der Waals surface area contributed by atoms with Gasteiger partial charge < -0.3 is 0 Å². The predicted octanol–water partition coefficient (Wildman–Crippen LogP) is 6.68. The van der Waals surface area contributed by atoms with Crippen molar-refractivity contribution < 1.29 is 0 Å². The van der Waals surface area contributed by atoms with E-state index in [2.05, 4.69) is 119 Å². The van der Waals surface area contributed by atoms with Crippen LogP contribution in [0.1, 0.15) is 5.56 Å². The Morgan fingerprint density at radius 2 is 1.33 bits per heavy atom. The highest BCUT2D eigenvalue weighted by Gasteiger charge is 2.15. The molecule has 0 atom stereocenters. The van der Waals surface area contributed by atoms with Gasteiger partial charge in [-0.1, -0.05) is 90.5 Å². The molecular formula is C27H19N3. The molecule has 0 unspecified atom stereocenters. The number of rotatable bonds is 2. The molecule has 0 N–H and O–H groups in total. The van der Waals surface area contributed by atoms with Gasteiger partial charge in [0.15, 0.2) is 11.5 Å². The molecule has 0 amide bonds. The third-order valence-corrected chi connectivity index (χ3v) is 5.78. The van der Waals surface area contributed by atoms with E-state index in [-0.39, 0.29) is 0 Å². The minimum Gasteiger partial charge on any atom is -0.281 e. The van der Waals surface area contributed by atoms with Crippen LogP contribution in [0.2, 0.25) is 0 Å². The number of benzene rings is 4. The van der Waals surface area contributed by atoms with Gasteiger partial charge in [-0.25, -0.2) is 0 Å². The van der Waals surface area contributed by atoms with E-state index in [1.165, 1.54) is 32.8 Å². The Morgan fingerprint density at radius 3 is 2.17 bits per heavy atom. The zero-order chi connectivity index (χ0) is 20.1. The van der Waals surface area contributed by atoms with E-state index < -0.39 is 0 Å². The van der Waals surface area contributed by atoms with Crippen LogP contribution in [0.25, 0.3) is 49.7 Å². The van der Waals surface area contributed by atoms with Gasteiger partial charge in [-0.2, -0.15) is 0 Å². The second-order valence-electron chi connectivity index (χ2n) is 7.73. The van der Waals surface area contributed by atoms with Crippen molar-refractivity contribution in [2.45, 2.75) is 6.92 Å². The minimum absolute atomic E-state index is 0.859. The normalized spacial score (nSPS) is 11.5. The van der Waals surface area contributed by atoms with Gasteiger partial charge in [-0.05, 0) is 34.7 Å². The van der Waals surface area contributed by atoms with Gasteiger partial charge in [0, 0.05) is 22.7 Å². The molecule has 0 aliphatic heterocycles. The molecule has 0 bridgehead atoms. The first-order chi connectivity index (χ1) is 14.8. The van der Waals surface area contributed by atoms with E-state index in [9.17, 15) is 0 Å². The van der Waals surface area contributed by atoms with Gasteiger partial charge in [-0.3, -0.25) is 4.40 Å². The lowest BCUT2D eigenvalue weighted by Crippen LogP contribution is -1.93. The fraction of sp³-hybridized carbons (Fsp3) is 0.0370. The van der Waals surface area contributed by atoms with Crippen LogP contribution in [0.5, 0.6) is 0 Å². The monoisotopic (exact) mass is 385 g/mol. The quantitative estimate of drug-likeness (QED) is 0.333. The smallest absolute Gasteiger partial charge is 0.169 e. The Hall–Kier alpha value is -3.98. The summed E-state index contributed by atoms with van der Waals surface area (Å²) in [7, 11) is 0. The van der Waals surface area contributed by atoms with Crippen LogP contribution in [0.3, 0.4) is 0 Å². The average molecular weight is 385 g/mol. The average Bonchev–Trinajstić information content (AvgIpc) is 3.23. The summed E-state index contributed by atoms with van der Waals surface area (Å²) in [6.45, 7) is 2.09. The van der Waals surface area contributed by atoms with E-state index in [0.717, 1.165) is 22.4 Å². The molecule has 4 aromatic carbocycles. The zero-order valence-electron chi connectivity index (χ0n) is 16.6. The minimum atomic E-state index is 0.859. The third-order valence-electron chi connectivity index (χ3n) is 5.78. The molecule has 6 aromatic rings. The summed E-state index contributed by atoms with van der Waals surface area (Å²) in [4.78, 5) is 0. The molecule has 30 heavy (non-hydrogen) atoms. The number of aromatic nitrogens is 3. The Morgan fingerprint density at radius 1 is 0.633 bits per heavy atom. The Bertz CT molecular complexity index is 1540. The first-order valence-electron chi connectivity index (χ1n) is 10.1. The van der Waals surface area contributed by atoms with Crippen molar-refractivity contribution in [1.29, 1.82) is 0 Å². The van der Waals surface area contributed by atoms with E-state index in [1.54, 1.807) is 0 Å². The lowest BCUT2D eigenvalue weighted by Gasteiger charge is -2.11. The highest BCUT2D eigenvalue weighted by molar-refractivity contribution is 6.04. The summed E-state index contributed by atoms with van der Waals surface area (Å²) in [6, 6.07) is 32.0. The molecule has 0 saturated carbocycles. The summed E-state index contributed by atoms with van der Waals surface area (Å²) in [5.41, 5.74) is 5.54. The number of pyridine rings is 1. The second kappa shape index (κ2) is 6.53. The maximum Gasteiger partial charge on any atom is 0.169 e. The number of fused-ring (bicyclic) bond motifs is 4. The Kier molecular flexibility index (Phi) is 3.68. The Balaban J connectivity index is 1.67. The first kappa shape index (κ1) is 16.9. The zero-order valence-corrected chi connectivity index (χ0v) is 16.6. The molecule has 0 aliphatic carbocycles. The van der Waals surface area contributed by atoms with Crippen molar-refractivity contribution in [2.75, 3.05) is 0 Å². The molecule has 3 heteroatoms. The van der Waals surface area contributed by atoms with E-state index in [4.69, 9.17) is 0 Å². The maximum absolute atomic E-state index is 4.54. The molecular weight excluding hydrogens is 366 g/mol. The van der Waals surface area contributed by atoms with E-state index in [0.29, 0.717) is 0 Å². The number of hydrogen-bond acceptors (Lipinski definition) is 2. The lowest BCUT2D eigenvalue weighted by molar-refractivity contribution is 1.11. The largest absolute Gasteiger partial charge is 0.281 e. The summed E-state index contributed by atoms with van der Waals surface area (Å²) in [6.07, 6.45) is 2.18. The van der Waals surface area contributed by atoms with E-state index in [1.807, 2.05) is 0 Å². The van der Waals surface area contributed by atoms with Gasteiger partial charge in [0.05, 0.1) is 0 Å². The van der Waals surface area contributed by atoms with Crippen LogP contribution >= 0.6 is 0 Å². The second-order valence-corrected chi connectivity index (χ2v) is 7.73. The fourth-order valence-electron chi connectivity index (χ4n) is 4.20. The van der Waals surface area contributed by atoms with Crippen molar-refractivity contribution in [2.24, 2.45) is 0 Å². The molecule has 3 nitrogen and oxygen atoms in total. The van der Waals surface area contributed by atoms with Crippen LogP contribution in [0.15, 0.2) is 97.2 Å². The van der Waals surface area contributed by atoms with Crippen molar-refractivity contribution in [3.63, 3.8) is 0 Å². The highest BCUT2D eigenvalue weighted by Crippen LogP contribution is 2.34. The van der Waals surface area contributed by atoms with Gasteiger partial charge in [0.2, 0.25) is 0 Å². The van der Waals surface area contributed by atoms with Crippen molar-refractivity contribution in [1.82, 2.24) is 14.6 Å². The van der Waals surface area contributed by atoms with Crippen molar-refractivity contribution in [3.05, 3.63) is 103 Å². The predicted molar refractivity (Wildman–Crippen MR) is 124 cm³/mol. The molecule has 142 valence electrons. The van der Waals surface area contributed by atoms with Crippen LogP contribution < -0.4 is 0 Å². The summed E-state index contributed by atoms with van der Waals surface area (Å²) in [5.74, 6) is 0.859.